The lowest BCUT2D eigenvalue weighted by molar-refractivity contribution is -0.134. The van der Waals surface area contributed by atoms with E-state index in [1.54, 1.807) is 0 Å². The van der Waals surface area contributed by atoms with Crippen molar-refractivity contribution in [3.05, 3.63) is 35.2 Å². The second kappa shape index (κ2) is 7.73. The summed E-state index contributed by atoms with van der Waals surface area (Å²) < 4.78 is 6.46. The number of carbonyl (C=O) groups is 2. The summed E-state index contributed by atoms with van der Waals surface area (Å²) >= 11 is 1.54. The number of carbonyl (C=O) groups excluding carboxylic acids is 2. The molecular formula is C19H23N3O3S. The summed E-state index contributed by atoms with van der Waals surface area (Å²) in [5.41, 5.74) is 0. The number of fused-ring (bicyclic) bond motifs is 1. The molecule has 2 aromatic rings. The maximum atomic E-state index is 12.8. The first kappa shape index (κ1) is 17.5. The minimum atomic E-state index is 0.0754. The van der Waals surface area contributed by atoms with Crippen molar-refractivity contribution in [2.75, 3.05) is 59.0 Å². The number of nitrogens with zero attached hydrogens (tertiary/aromatic N) is 3. The molecule has 2 amide bonds. The highest BCUT2D eigenvalue weighted by Crippen LogP contribution is 2.26. The Morgan fingerprint density at radius 2 is 1.65 bits per heavy atom. The lowest BCUT2D eigenvalue weighted by atomic mass is 10.2. The van der Waals surface area contributed by atoms with Crippen LogP contribution in [0.15, 0.2) is 30.3 Å². The second-order valence-electron chi connectivity index (χ2n) is 6.71. The molecule has 138 valence electrons. The zero-order valence-electron chi connectivity index (χ0n) is 14.7. The summed E-state index contributed by atoms with van der Waals surface area (Å²) in [4.78, 5) is 31.9. The second-order valence-corrected chi connectivity index (χ2v) is 7.79. The van der Waals surface area contributed by atoms with Crippen LogP contribution in [0.25, 0.3) is 10.1 Å². The standard InChI is InChI=1S/C19H23N3O3S/c23-18(14-20-9-11-25-12-10-20)21-5-7-22(8-6-21)19(24)17-13-15-3-1-2-4-16(15)26-17/h1-4,13H,5-12,14H2. The maximum Gasteiger partial charge on any atom is 0.264 e. The first-order valence-electron chi connectivity index (χ1n) is 9.06. The van der Waals surface area contributed by atoms with Gasteiger partial charge in [-0.1, -0.05) is 18.2 Å². The summed E-state index contributed by atoms with van der Waals surface area (Å²) in [5, 5.41) is 1.11. The molecule has 0 atom stereocenters. The zero-order chi connectivity index (χ0) is 17.9. The molecule has 4 rings (SSSR count). The highest BCUT2D eigenvalue weighted by atomic mass is 32.1. The summed E-state index contributed by atoms with van der Waals surface area (Å²) in [6.45, 7) is 5.90. The normalized spacial score (nSPS) is 19.1. The fourth-order valence-electron chi connectivity index (χ4n) is 3.45. The van der Waals surface area contributed by atoms with E-state index >= 15 is 0 Å². The van der Waals surface area contributed by atoms with Crippen molar-refractivity contribution in [3.63, 3.8) is 0 Å². The van der Waals surface area contributed by atoms with Crippen LogP contribution in [-0.2, 0) is 9.53 Å². The molecule has 0 radical (unpaired) electrons. The fourth-order valence-corrected chi connectivity index (χ4v) is 4.48. The molecule has 0 aliphatic carbocycles. The Morgan fingerprint density at radius 3 is 2.38 bits per heavy atom. The van der Waals surface area contributed by atoms with Crippen molar-refractivity contribution in [3.8, 4) is 0 Å². The molecule has 1 aromatic heterocycles. The topological polar surface area (TPSA) is 53.1 Å². The molecule has 1 aromatic carbocycles. The van der Waals surface area contributed by atoms with Crippen molar-refractivity contribution >= 4 is 33.2 Å². The number of rotatable bonds is 3. The van der Waals surface area contributed by atoms with Gasteiger partial charge in [-0.15, -0.1) is 11.3 Å². The monoisotopic (exact) mass is 373 g/mol. The molecule has 2 fully saturated rings. The van der Waals surface area contributed by atoms with Gasteiger partial charge < -0.3 is 14.5 Å². The number of amides is 2. The quantitative estimate of drug-likeness (QED) is 0.819. The Morgan fingerprint density at radius 1 is 0.962 bits per heavy atom. The number of hydrogen-bond donors (Lipinski definition) is 0. The Kier molecular flexibility index (Phi) is 5.19. The van der Waals surface area contributed by atoms with E-state index in [1.807, 2.05) is 40.1 Å². The van der Waals surface area contributed by atoms with Crippen LogP contribution in [0.4, 0.5) is 0 Å². The SMILES string of the molecule is O=C(CN1CCOCC1)N1CCN(C(=O)c2cc3ccccc3s2)CC1. The number of ether oxygens (including phenoxy) is 1. The average Bonchev–Trinajstić information content (AvgIpc) is 3.12. The van der Waals surface area contributed by atoms with Crippen LogP contribution in [0.1, 0.15) is 9.67 Å². The van der Waals surface area contributed by atoms with Crippen molar-refractivity contribution in [2.24, 2.45) is 0 Å². The molecule has 2 saturated heterocycles. The summed E-state index contributed by atoms with van der Waals surface area (Å²) in [6.07, 6.45) is 0. The largest absolute Gasteiger partial charge is 0.379 e. The van der Waals surface area contributed by atoms with Crippen LogP contribution in [0.5, 0.6) is 0 Å². The van der Waals surface area contributed by atoms with Gasteiger partial charge in [0.2, 0.25) is 5.91 Å². The van der Waals surface area contributed by atoms with Crippen molar-refractivity contribution in [1.29, 1.82) is 0 Å². The third-order valence-electron chi connectivity index (χ3n) is 5.02. The van der Waals surface area contributed by atoms with Gasteiger partial charge in [-0.25, -0.2) is 0 Å². The number of piperazine rings is 1. The van der Waals surface area contributed by atoms with E-state index in [1.165, 1.54) is 11.3 Å². The van der Waals surface area contributed by atoms with Crippen molar-refractivity contribution in [1.82, 2.24) is 14.7 Å². The van der Waals surface area contributed by atoms with Gasteiger partial charge in [0.1, 0.15) is 0 Å². The average molecular weight is 373 g/mol. The third-order valence-corrected chi connectivity index (χ3v) is 6.12. The third kappa shape index (κ3) is 3.75. The summed E-state index contributed by atoms with van der Waals surface area (Å²) in [5.74, 6) is 0.229. The van der Waals surface area contributed by atoms with Gasteiger partial charge in [0.05, 0.1) is 24.6 Å². The van der Waals surface area contributed by atoms with Crippen LogP contribution in [0.3, 0.4) is 0 Å². The number of hydrogen-bond acceptors (Lipinski definition) is 5. The zero-order valence-corrected chi connectivity index (χ0v) is 15.5. The Bertz CT molecular complexity index is 759. The van der Waals surface area contributed by atoms with Crippen LogP contribution >= 0.6 is 11.3 Å². The first-order valence-corrected chi connectivity index (χ1v) is 9.88. The molecule has 0 spiro atoms. The minimum absolute atomic E-state index is 0.0754. The highest BCUT2D eigenvalue weighted by Gasteiger charge is 2.27. The number of thiophene rings is 1. The maximum absolute atomic E-state index is 12.8. The molecule has 0 N–H and O–H groups in total. The molecular weight excluding hydrogens is 350 g/mol. The number of morpholine rings is 1. The van der Waals surface area contributed by atoms with Crippen LogP contribution in [0, 0.1) is 0 Å². The predicted octanol–water partition coefficient (Wildman–Crippen LogP) is 1.52. The summed E-state index contributed by atoms with van der Waals surface area (Å²) in [7, 11) is 0. The van der Waals surface area contributed by atoms with E-state index in [9.17, 15) is 9.59 Å². The first-order chi connectivity index (χ1) is 12.7. The molecule has 0 unspecified atom stereocenters. The van der Waals surface area contributed by atoms with Gasteiger partial charge in [-0.2, -0.15) is 0 Å². The van der Waals surface area contributed by atoms with E-state index in [2.05, 4.69) is 4.90 Å². The van der Waals surface area contributed by atoms with E-state index in [0.29, 0.717) is 45.9 Å². The molecule has 2 aliphatic rings. The van der Waals surface area contributed by atoms with Crippen LogP contribution < -0.4 is 0 Å². The van der Waals surface area contributed by atoms with E-state index < -0.39 is 0 Å². The molecule has 3 heterocycles. The van der Waals surface area contributed by atoms with Crippen molar-refractivity contribution < 1.29 is 14.3 Å². The van der Waals surface area contributed by atoms with Gasteiger partial charge in [0.15, 0.2) is 0 Å². The van der Waals surface area contributed by atoms with Crippen LogP contribution in [0.2, 0.25) is 0 Å². The highest BCUT2D eigenvalue weighted by molar-refractivity contribution is 7.20. The fraction of sp³-hybridized carbons (Fsp3) is 0.474. The van der Waals surface area contributed by atoms with E-state index in [0.717, 1.165) is 28.1 Å². The predicted molar refractivity (Wildman–Crippen MR) is 102 cm³/mol. The van der Waals surface area contributed by atoms with Crippen LogP contribution in [-0.4, -0.2) is 85.5 Å². The van der Waals surface area contributed by atoms with E-state index in [-0.39, 0.29) is 11.8 Å². The smallest absolute Gasteiger partial charge is 0.264 e. The molecule has 7 heteroatoms. The van der Waals surface area contributed by atoms with Gasteiger partial charge >= 0.3 is 0 Å². The molecule has 6 nitrogen and oxygen atoms in total. The molecule has 26 heavy (non-hydrogen) atoms. The van der Waals surface area contributed by atoms with Gasteiger partial charge in [-0.05, 0) is 17.5 Å². The van der Waals surface area contributed by atoms with Crippen molar-refractivity contribution in [2.45, 2.75) is 0 Å². The minimum Gasteiger partial charge on any atom is -0.379 e. The lowest BCUT2D eigenvalue weighted by Crippen LogP contribution is -2.53. The van der Waals surface area contributed by atoms with E-state index in [4.69, 9.17) is 4.74 Å². The van der Waals surface area contributed by atoms with Gasteiger partial charge in [0, 0.05) is 44.0 Å². The molecule has 0 saturated carbocycles. The number of benzene rings is 1. The van der Waals surface area contributed by atoms with Gasteiger partial charge in [-0.3, -0.25) is 14.5 Å². The van der Waals surface area contributed by atoms with Gasteiger partial charge in [0.25, 0.3) is 5.91 Å². The Hall–Kier alpha value is -1.96. The Balaban J connectivity index is 1.32. The lowest BCUT2D eigenvalue weighted by Gasteiger charge is -2.36. The molecule has 0 bridgehead atoms. The molecule has 2 aliphatic heterocycles. The summed E-state index contributed by atoms with van der Waals surface area (Å²) in [6, 6.07) is 10.0. The Labute approximate surface area is 156 Å².